The normalized spacial score (nSPS) is 19.8. The molecule has 2 aliphatic rings. The maximum Gasteiger partial charge on any atom is 0.416 e. The van der Waals surface area contributed by atoms with Crippen LogP contribution in [0.25, 0.3) is 5.70 Å². The highest BCUT2D eigenvalue weighted by molar-refractivity contribution is 6.07. The molecule has 4 rings (SSSR count). The molecule has 28 heavy (non-hydrogen) atoms. The molecule has 2 aromatic rings. The van der Waals surface area contributed by atoms with Crippen LogP contribution >= 0.6 is 0 Å². The summed E-state index contributed by atoms with van der Waals surface area (Å²) in [4.78, 5) is 16.1. The van der Waals surface area contributed by atoms with Crippen molar-refractivity contribution in [2.75, 3.05) is 0 Å². The van der Waals surface area contributed by atoms with E-state index in [9.17, 15) is 18.0 Å². The van der Waals surface area contributed by atoms with Crippen molar-refractivity contribution in [2.24, 2.45) is 22.6 Å². The Balaban J connectivity index is 1.71. The van der Waals surface area contributed by atoms with Gasteiger partial charge in [-0.25, -0.2) is 0 Å². The number of aliphatic imine (C=N–C) groups is 1. The molecule has 144 valence electrons. The predicted molar refractivity (Wildman–Crippen MR) is 102 cm³/mol. The summed E-state index contributed by atoms with van der Waals surface area (Å²) in [6.45, 7) is 0. The Morgan fingerprint density at radius 2 is 1.75 bits per heavy atom. The molecule has 0 spiro atoms. The summed E-state index contributed by atoms with van der Waals surface area (Å²) in [5.41, 5.74) is 7.79. The quantitative estimate of drug-likeness (QED) is 0.787. The van der Waals surface area contributed by atoms with Gasteiger partial charge >= 0.3 is 6.18 Å². The maximum atomic E-state index is 13.1. The number of carbonyl (C=O) groups is 1. The highest BCUT2D eigenvalue weighted by Crippen LogP contribution is 2.43. The Kier molecular flexibility index (Phi) is 4.57. The van der Waals surface area contributed by atoms with Gasteiger partial charge in [-0.05, 0) is 55.0 Å². The molecule has 3 nitrogen and oxygen atoms in total. The minimum atomic E-state index is -4.39. The fourth-order valence-corrected chi connectivity index (χ4v) is 3.64. The number of hydrogen-bond acceptors (Lipinski definition) is 2. The Morgan fingerprint density at radius 1 is 1.04 bits per heavy atom. The van der Waals surface area contributed by atoms with Crippen molar-refractivity contribution in [3.63, 3.8) is 0 Å². The van der Waals surface area contributed by atoms with Gasteiger partial charge in [0.05, 0.1) is 17.0 Å². The molecule has 1 atom stereocenters. The summed E-state index contributed by atoms with van der Waals surface area (Å²) in [5.74, 6) is 0.295. The fraction of sp³-hybridized carbons (Fsp3) is 0.273. The van der Waals surface area contributed by atoms with E-state index in [-0.39, 0.29) is 5.92 Å². The largest absolute Gasteiger partial charge is 0.416 e. The fourth-order valence-electron chi connectivity index (χ4n) is 3.64. The number of amides is 1. The molecule has 0 radical (unpaired) electrons. The number of benzene rings is 2. The van der Waals surface area contributed by atoms with Gasteiger partial charge in [0.2, 0.25) is 5.91 Å². The summed E-state index contributed by atoms with van der Waals surface area (Å²) < 4.78 is 39.2. The number of rotatable bonds is 4. The third kappa shape index (κ3) is 3.72. The van der Waals surface area contributed by atoms with Crippen LogP contribution in [0.2, 0.25) is 0 Å². The van der Waals surface area contributed by atoms with Crippen molar-refractivity contribution in [3.8, 4) is 0 Å². The molecule has 1 amide bonds. The maximum absolute atomic E-state index is 13.1. The van der Waals surface area contributed by atoms with E-state index in [1.54, 1.807) is 18.2 Å². The molecule has 1 aliphatic carbocycles. The van der Waals surface area contributed by atoms with Crippen molar-refractivity contribution >= 4 is 17.3 Å². The zero-order valence-corrected chi connectivity index (χ0v) is 15.0. The first-order valence-electron chi connectivity index (χ1n) is 9.19. The number of alkyl halides is 3. The van der Waals surface area contributed by atoms with E-state index in [1.165, 1.54) is 6.07 Å². The van der Waals surface area contributed by atoms with Gasteiger partial charge in [0.15, 0.2) is 0 Å². The number of halogens is 3. The van der Waals surface area contributed by atoms with Gasteiger partial charge in [0.1, 0.15) is 0 Å². The lowest BCUT2D eigenvalue weighted by molar-refractivity contribution is -0.137. The molecule has 1 unspecified atom stereocenters. The van der Waals surface area contributed by atoms with Gasteiger partial charge in [-0.3, -0.25) is 9.79 Å². The van der Waals surface area contributed by atoms with Gasteiger partial charge in [-0.1, -0.05) is 30.3 Å². The third-order valence-corrected chi connectivity index (χ3v) is 5.30. The Bertz CT molecular complexity index is 970. The first kappa shape index (κ1) is 18.5. The van der Waals surface area contributed by atoms with Gasteiger partial charge in [0, 0.05) is 17.0 Å². The van der Waals surface area contributed by atoms with Crippen LogP contribution in [0.3, 0.4) is 0 Å². The summed E-state index contributed by atoms with van der Waals surface area (Å²) in [5, 5.41) is 0. The van der Waals surface area contributed by atoms with Crippen LogP contribution in [-0.2, 0) is 6.18 Å². The monoisotopic (exact) mass is 384 g/mol. The Hall–Kier alpha value is -2.89. The SMILES string of the molecule is NC(=O)c1ccc(C2=NC(c3cccc(C(F)(F)F)c3)=CCC2C2CC2)cc1. The number of nitrogens with two attached hydrogens (primary N) is 1. The second kappa shape index (κ2) is 6.93. The number of primary amides is 1. The van der Waals surface area contributed by atoms with Crippen molar-refractivity contribution in [1.82, 2.24) is 0 Å². The summed E-state index contributed by atoms with van der Waals surface area (Å²) in [6, 6.07) is 12.2. The number of carbonyl (C=O) groups excluding carboxylic acids is 1. The second-order valence-electron chi connectivity index (χ2n) is 7.29. The molecule has 1 heterocycles. The predicted octanol–water partition coefficient (Wildman–Crippen LogP) is 5.06. The third-order valence-electron chi connectivity index (χ3n) is 5.30. The average molecular weight is 384 g/mol. The van der Waals surface area contributed by atoms with E-state index < -0.39 is 17.6 Å². The molecule has 1 fully saturated rings. The molecule has 0 aromatic heterocycles. The topological polar surface area (TPSA) is 55.5 Å². The molecule has 2 aromatic carbocycles. The van der Waals surface area contributed by atoms with E-state index in [4.69, 9.17) is 10.7 Å². The first-order valence-corrected chi connectivity index (χ1v) is 9.19. The van der Waals surface area contributed by atoms with Gasteiger partial charge in [0.25, 0.3) is 0 Å². The van der Waals surface area contributed by atoms with Crippen molar-refractivity contribution < 1.29 is 18.0 Å². The number of nitrogens with zero attached hydrogens (tertiary/aromatic N) is 1. The van der Waals surface area contributed by atoms with Gasteiger partial charge in [-0.15, -0.1) is 0 Å². The van der Waals surface area contributed by atoms with Crippen LogP contribution in [-0.4, -0.2) is 11.6 Å². The van der Waals surface area contributed by atoms with E-state index in [0.717, 1.165) is 42.7 Å². The molecule has 1 saturated carbocycles. The molecular formula is C22H19F3N2O. The van der Waals surface area contributed by atoms with Crippen LogP contribution in [0, 0.1) is 11.8 Å². The molecule has 2 N–H and O–H groups in total. The molecule has 1 aliphatic heterocycles. The van der Waals surface area contributed by atoms with Crippen LogP contribution in [0.4, 0.5) is 13.2 Å². The minimum absolute atomic E-state index is 0.244. The lowest BCUT2D eigenvalue weighted by Gasteiger charge is -2.23. The highest BCUT2D eigenvalue weighted by Gasteiger charge is 2.36. The van der Waals surface area contributed by atoms with Crippen LogP contribution < -0.4 is 5.73 Å². The zero-order chi connectivity index (χ0) is 19.9. The van der Waals surface area contributed by atoms with Gasteiger partial charge < -0.3 is 5.73 Å². The molecule has 0 bridgehead atoms. The molecular weight excluding hydrogens is 365 g/mol. The average Bonchev–Trinajstić information content (AvgIpc) is 3.52. The van der Waals surface area contributed by atoms with E-state index in [2.05, 4.69) is 0 Å². The van der Waals surface area contributed by atoms with Crippen molar-refractivity contribution in [1.29, 1.82) is 0 Å². The standard InChI is InChI=1S/C22H19F3N2O/c23-22(24,25)17-3-1-2-16(12-17)19-11-10-18(13-4-5-13)20(27-19)14-6-8-15(9-7-14)21(26)28/h1-3,6-9,11-13,18H,4-5,10H2,(H2,26,28). The minimum Gasteiger partial charge on any atom is -0.366 e. The van der Waals surface area contributed by atoms with Crippen LogP contribution in [0.15, 0.2) is 59.6 Å². The van der Waals surface area contributed by atoms with E-state index >= 15 is 0 Å². The zero-order valence-electron chi connectivity index (χ0n) is 15.0. The van der Waals surface area contributed by atoms with Crippen LogP contribution in [0.1, 0.15) is 46.3 Å². The smallest absolute Gasteiger partial charge is 0.366 e. The lowest BCUT2D eigenvalue weighted by Crippen LogP contribution is -2.21. The highest BCUT2D eigenvalue weighted by atomic mass is 19.4. The Morgan fingerprint density at radius 3 is 2.36 bits per heavy atom. The van der Waals surface area contributed by atoms with E-state index in [0.29, 0.717) is 22.7 Å². The van der Waals surface area contributed by atoms with Crippen molar-refractivity contribution in [3.05, 3.63) is 76.9 Å². The molecule has 6 heteroatoms. The van der Waals surface area contributed by atoms with E-state index in [1.807, 2.05) is 18.2 Å². The summed E-state index contributed by atoms with van der Waals surface area (Å²) >= 11 is 0. The van der Waals surface area contributed by atoms with Gasteiger partial charge in [-0.2, -0.15) is 13.2 Å². The number of allylic oxidation sites excluding steroid dienone is 1. The summed E-state index contributed by atoms with van der Waals surface area (Å²) in [6.07, 6.45) is 0.552. The summed E-state index contributed by atoms with van der Waals surface area (Å²) in [7, 11) is 0. The lowest BCUT2D eigenvalue weighted by atomic mass is 9.86. The molecule has 0 saturated heterocycles. The first-order chi connectivity index (χ1) is 13.3. The van der Waals surface area contributed by atoms with Crippen molar-refractivity contribution in [2.45, 2.75) is 25.4 Å². The van der Waals surface area contributed by atoms with Crippen LogP contribution in [0.5, 0.6) is 0 Å². The second-order valence-corrected chi connectivity index (χ2v) is 7.29. The number of hydrogen-bond donors (Lipinski definition) is 1. The Labute approximate surface area is 160 Å².